The summed E-state index contributed by atoms with van der Waals surface area (Å²) in [6.07, 6.45) is 0.728. The summed E-state index contributed by atoms with van der Waals surface area (Å²) in [6.45, 7) is 2.73. The molecule has 22 heavy (non-hydrogen) atoms. The molecule has 0 unspecified atom stereocenters. The number of hydrogen-bond donors (Lipinski definition) is 0. The standard InChI is InChI=1S/C15H18ClNO3S2/c1-3-7-17(10-12-6-8-21-11-12)22(18,19)15-9-13(16)4-5-14(15)20-2/h4-6,8-9,11H,3,7,10H2,1-2H3. The highest BCUT2D eigenvalue weighted by Gasteiger charge is 2.27. The average molecular weight is 360 g/mol. The van der Waals surface area contributed by atoms with Crippen LogP contribution in [0.5, 0.6) is 5.75 Å². The van der Waals surface area contributed by atoms with Crippen molar-refractivity contribution < 1.29 is 13.2 Å². The van der Waals surface area contributed by atoms with Gasteiger partial charge in [-0.15, -0.1) is 0 Å². The van der Waals surface area contributed by atoms with Crippen molar-refractivity contribution in [3.05, 3.63) is 45.6 Å². The Balaban J connectivity index is 2.42. The quantitative estimate of drug-likeness (QED) is 0.750. The van der Waals surface area contributed by atoms with Gasteiger partial charge in [-0.3, -0.25) is 0 Å². The van der Waals surface area contributed by atoms with Gasteiger partial charge < -0.3 is 4.74 Å². The molecule has 0 aliphatic heterocycles. The van der Waals surface area contributed by atoms with Gasteiger partial charge in [0, 0.05) is 18.1 Å². The second-order valence-corrected chi connectivity index (χ2v) is 7.89. The number of thiophene rings is 1. The second-order valence-electron chi connectivity index (χ2n) is 4.77. The Hall–Kier alpha value is -1.08. The van der Waals surface area contributed by atoms with Crippen LogP contribution >= 0.6 is 22.9 Å². The molecule has 7 heteroatoms. The van der Waals surface area contributed by atoms with E-state index >= 15 is 0 Å². The molecule has 0 radical (unpaired) electrons. The van der Waals surface area contributed by atoms with Crippen LogP contribution in [0.25, 0.3) is 0 Å². The van der Waals surface area contributed by atoms with E-state index in [4.69, 9.17) is 16.3 Å². The van der Waals surface area contributed by atoms with Gasteiger partial charge in [0.2, 0.25) is 10.0 Å². The van der Waals surface area contributed by atoms with Gasteiger partial charge in [-0.2, -0.15) is 15.6 Å². The lowest BCUT2D eigenvalue weighted by atomic mass is 10.3. The van der Waals surface area contributed by atoms with Crippen molar-refractivity contribution in [1.82, 2.24) is 4.31 Å². The highest BCUT2D eigenvalue weighted by molar-refractivity contribution is 7.89. The highest BCUT2D eigenvalue weighted by Crippen LogP contribution is 2.30. The zero-order valence-electron chi connectivity index (χ0n) is 12.5. The third kappa shape index (κ3) is 3.81. The minimum Gasteiger partial charge on any atom is -0.495 e. The van der Waals surface area contributed by atoms with E-state index in [9.17, 15) is 8.42 Å². The molecule has 0 N–H and O–H groups in total. The normalized spacial score (nSPS) is 11.8. The first-order valence-corrected chi connectivity index (χ1v) is 9.60. The molecule has 2 aromatic rings. The Bertz CT molecular complexity index is 714. The molecular weight excluding hydrogens is 342 g/mol. The van der Waals surface area contributed by atoms with E-state index in [1.807, 2.05) is 23.8 Å². The largest absolute Gasteiger partial charge is 0.495 e. The Morgan fingerprint density at radius 2 is 2.09 bits per heavy atom. The maximum atomic E-state index is 13.0. The highest BCUT2D eigenvalue weighted by atomic mass is 35.5. The Morgan fingerprint density at radius 1 is 1.32 bits per heavy atom. The van der Waals surface area contributed by atoms with Gasteiger partial charge in [0.25, 0.3) is 0 Å². The van der Waals surface area contributed by atoms with Gasteiger partial charge >= 0.3 is 0 Å². The monoisotopic (exact) mass is 359 g/mol. The van der Waals surface area contributed by atoms with E-state index < -0.39 is 10.0 Å². The fourth-order valence-electron chi connectivity index (χ4n) is 2.11. The lowest BCUT2D eigenvalue weighted by Crippen LogP contribution is -2.31. The van der Waals surface area contributed by atoms with Crippen LogP contribution in [0.3, 0.4) is 0 Å². The third-order valence-electron chi connectivity index (χ3n) is 3.16. The van der Waals surface area contributed by atoms with Crippen LogP contribution < -0.4 is 4.74 Å². The third-order valence-corrected chi connectivity index (χ3v) is 5.99. The fourth-order valence-corrected chi connectivity index (χ4v) is 4.71. The van der Waals surface area contributed by atoms with Gasteiger partial charge in [0.15, 0.2) is 0 Å². The summed E-state index contributed by atoms with van der Waals surface area (Å²) in [5.41, 5.74) is 0.975. The van der Waals surface area contributed by atoms with Crippen LogP contribution in [0.2, 0.25) is 5.02 Å². The van der Waals surface area contributed by atoms with E-state index in [0.717, 1.165) is 12.0 Å². The summed E-state index contributed by atoms with van der Waals surface area (Å²) in [5, 5.41) is 4.26. The van der Waals surface area contributed by atoms with Gasteiger partial charge in [0.05, 0.1) is 7.11 Å². The number of sulfonamides is 1. The van der Waals surface area contributed by atoms with Crippen molar-refractivity contribution in [1.29, 1.82) is 0 Å². The molecule has 4 nitrogen and oxygen atoms in total. The predicted molar refractivity (Wildman–Crippen MR) is 90.2 cm³/mol. The van der Waals surface area contributed by atoms with Crippen molar-refractivity contribution in [2.45, 2.75) is 24.8 Å². The zero-order chi connectivity index (χ0) is 16.2. The van der Waals surface area contributed by atoms with Crippen molar-refractivity contribution in [3.63, 3.8) is 0 Å². The van der Waals surface area contributed by atoms with E-state index in [-0.39, 0.29) is 4.90 Å². The van der Waals surface area contributed by atoms with Crippen LogP contribution in [0, 0.1) is 0 Å². The predicted octanol–water partition coefficient (Wildman–Crippen LogP) is 4.01. The first-order valence-electron chi connectivity index (χ1n) is 6.83. The van der Waals surface area contributed by atoms with Gasteiger partial charge in [0.1, 0.15) is 10.6 Å². The summed E-state index contributed by atoms with van der Waals surface area (Å²) < 4.78 is 32.6. The number of benzene rings is 1. The van der Waals surface area contributed by atoms with Crippen LogP contribution in [-0.2, 0) is 16.6 Å². The number of halogens is 1. The summed E-state index contributed by atoms with van der Waals surface area (Å²) in [6, 6.07) is 6.55. The number of ether oxygens (including phenoxy) is 1. The van der Waals surface area contributed by atoms with E-state index in [2.05, 4.69) is 0 Å². The molecule has 1 heterocycles. The summed E-state index contributed by atoms with van der Waals surface area (Å²) >= 11 is 7.52. The molecule has 0 fully saturated rings. The maximum Gasteiger partial charge on any atom is 0.247 e. The molecule has 0 aliphatic carbocycles. The molecule has 2 rings (SSSR count). The zero-order valence-corrected chi connectivity index (χ0v) is 14.8. The molecule has 0 spiro atoms. The first-order chi connectivity index (χ1) is 10.5. The Labute approximate surface area is 140 Å². The Kier molecular flexibility index (Phi) is 5.86. The molecule has 0 aliphatic rings. The fraction of sp³-hybridized carbons (Fsp3) is 0.333. The van der Waals surface area contributed by atoms with Crippen molar-refractivity contribution in [3.8, 4) is 5.75 Å². The SMILES string of the molecule is CCCN(Cc1ccsc1)S(=O)(=O)c1cc(Cl)ccc1OC. The molecule has 0 atom stereocenters. The number of rotatable bonds is 7. The number of hydrogen-bond acceptors (Lipinski definition) is 4. The number of nitrogens with zero attached hydrogens (tertiary/aromatic N) is 1. The molecule has 1 aromatic carbocycles. The van der Waals surface area contributed by atoms with Crippen LogP contribution in [0.1, 0.15) is 18.9 Å². The maximum absolute atomic E-state index is 13.0. The van der Waals surface area contributed by atoms with Gasteiger partial charge in [-0.1, -0.05) is 18.5 Å². The molecule has 0 saturated carbocycles. The van der Waals surface area contributed by atoms with E-state index in [0.29, 0.717) is 23.9 Å². The molecule has 1 aromatic heterocycles. The van der Waals surface area contributed by atoms with E-state index in [1.165, 1.54) is 17.5 Å². The van der Waals surface area contributed by atoms with Gasteiger partial charge in [-0.25, -0.2) is 8.42 Å². The van der Waals surface area contributed by atoms with Crippen molar-refractivity contribution in [2.75, 3.05) is 13.7 Å². The minimum atomic E-state index is -3.68. The molecular formula is C15H18ClNO3S2. The second kappa shape index (κ2) is 7.46. The molecule has 120 valence electrons. The topological polar surface area (TPSA) is 46.6 Å². The van der Waals surface area contributed by atoms with Crippen LogP contribution in [-0.4, -0.2) is 26.4 Å². The van der Waals surface area contributed by atoms with Gasteiger partial charge in [-0.05, 0) is 47.0 Å². The minimum absolute atomic E-state index is 0.103. The first kappa shape index (κ1) is 17.3. The van der Waals surface area contributed by atoms with Crippen LogP contribution in [0.15, 0.2) is 39.9 Å². The average Bonchev–Trinajstić information content (AvgIpc) is 3.00. The summed E-state index contributed by atoms with van der Waals surface area (Å²) in [4.78, 5) is 0.103. The van der Waals surface area contributed by atoms with Crippen LogP contribution in [0.4, 0.5) is 0 Å². The molecule has 0 amide bonds. The molecule has 0 bridgehead atoms. The lowest BCUT2D eigenvalue weighted by Gasteiger charge is -2.22. The lowest BCUT2D eigenvalue weighted by molar-refractivity contribution is 0.385. The summed E-state index contributed by atoms with van der Waals surface area (Å²) in [7, 11) is -2.23. The van der Waals surface area contributed by atoms with E-state index in [1.54, 1.807) is 23.5 Å². The van der Waals surface area contributed by atoms with Crippen molar-refractivity contribution >= 4 is 33.0 Å². The number of methoxy groups -OCH3 is 1. The summed E-state index contributed by atoms with van der Waals surface area (Å²) in [5.74, 6) is 0.302. The molecule has 0 saturated heterocycles. The smallest absolute Gasteiger partial charge is 0.247 e. The Morgan fingerprint density at radius 3 is 2.68 bits per heavy atom. The van der Waals surface area contributed by atoms with Crippen molar-refractivity contribution in [2.24, 2.45) is 0 Å².